The third-order valence-corrected chi connectivity index (χ3v) is 4.94. The second kappa shape index (κ2) is 9.71. The number of carbonyl (C=O) groups is 1. The number of amides is 1. The SMILES string of the molecule is COCCN(c1ccnc(Nc2ccc(NC(C)=O)cc2)n1)c1c(Cl)ccc2c1OCO2. The van der Waals surface area contributed by atoms with Crippen LogP contribution in [0.3, 0.4) is 0 Å². The van der Waals surface area contributed by atoms with Crippen molar-refractivity contribution in [2.24, 2.45) is 0 Å². The van der Waals surface area contributed by atoms with E-state index >= 15 is 0 Å². The van der Waals surface area contributed by atoms with E-state index in [1.54, 1.807) is 43.6 Å². The first-order valence-corrected chi connectivity index (χ1v) is 10.3. The average molecular weight is 456 g/mol. The van der Waals surface area contributed by atoms with E-state index in [1.165, 1.54) is 6.92 Å². The summed E-state index contributed by atoms with van der Waals surface area (Å²) in [6.45, 7) is 2.52. The number of rotatable bonds is 8. The molecular formula is C22H22ClN5O4. The molecule has 0 saturated heterocycles. The highest BCUT2D eigenvalue weighted by molar-refractivity contribution is 6.34. The molecule has 166 valence electrons. The molecule has 0 fully saturated rings. The van der Waals surface area contributed by atoms with Gasteiger partial charge in [-0.15, -0.1) is 0 Å². The molecule has 2 N–H and O–H groups in total. The summed E-state index contributed by atoms with van der Waals surface area (Å²) in [7, 11) is 1.63. The maximum Gasteiger partial charge on any atom is 0.231 e. The van der Waals surface area contributed by atoms with E-state index in [4.69, 9.17) is 25.8 Å². The molecule has 1 aliphatic heterocycles. The van der Waals surface area contributed by atoms with Gasteiger partial charge in [0.05, 0.1) is 11.6 Å². The van der Waals surface area contributed by atoms with Gasteiger partial charge < -0.3 is 29.7 Å². The molecule has 0 saturated carbocycles. The van der Waals surface area contributed by atoms with E-state index < -0.39 is 0 Å². The van der Waals surface area contributed by atoms with Crippen molar-refractivity contribution >= 4 is 46.3 Å². The predicted molar refractivity (Wildman–Crippen MR) is 123 cm³/mol. The molecule has 1 aliphatic rings. The van der Waals surface area contributed by atoms with Gasteiger partial charge in [0, 0.05) is 38.1 Å². The van der Waals surface area contributed by atoms with Gasteiger partial charge >= 0.3 is 0 Å². The molecule has 10 heteroatoms. The number of hydrogen-bond donors (Lipinski definition) is 2. The summed E-state index contributed by atoms with van der Waals surface area (Å²) < 4.78 is 16.5. The molecule has 0 radical (unpaired) electrons. The number of hydrogen-bond acceptors (Lipinski definition) is 8. The number of ether oxygens (including phenoxy) is 3. The van der Waals surface area contributed by atoms with E-state index in [2.05, 4.69) is 20.6 Å². The molecular weight excluding hydrogens is 434 g/mol. The van der Waals surface area contributed by atoms with Crippen LogP contribution >= 0.6 is 11.6 Å². The Morgan fingerprint density at radius 1 is 1.16 bits per heavy atom. The number of halogens is 1. The van der Waals surface area contributed by atoms with E-state index in [0.717, 1.165) is 5.69 Å². The molecule has 0 unspecified atom stereocenters. The number of anilines is 5. The highest BCUT2D eigenvalue weighted by atomic mass is 35.5. The van der Waals surface area contributed by atoms with Crippen LogP contribution in [-0.4, -0.2) is 42.9 Å². The van der Waals surface area contributed by atoms with Crippen molar-refractivity contribution in [2.75, 3.05) is 42.6 Å². The van der Waals surface area contributed by atoms with Crippen molar-refractivity contribution in [1.29, 1.82) is 0 Å². The van der Waals surface area contributed by atoms with Gasteiger partial charge in [-0.25, -0.2) is 4.98 Å². The fourth-order valence-corrected chi connectivity index (χ4v) is 3.49. The highest BCUT2D eigenvalue weighted by Gasteiger charge is 2.26. The van der Waals surface area contributed by atoms with E-state index in [0.29, 0.717) is 52.8 Å². The predicted octanol–water partition coefficient (Wildman–Crippen LogP) is 4.35. The standard InChI is InChI=1S/C22H22ClN5O4/c1-14(29)25-15-3-5-16(6-4-15)26-22-24-10-9-19(27-22)28(11-12-30-2)20-17(23)7-8-18-21(20)32-13-31-18/h3-10H,11-13H2,1-2H3,(H,25,29)(H,24,26,27). The lowest BCUT2D eigenvalue weighted by molar-refractivity contribution is -0.114. The normalized spacial score (nSPS) is 11.8. The molecule has 9 nitrogen and oxygen atoms in total. The van der Waals surface area contributed by atoms with Crippen LogP contribution in [0.5, 0.6) is 11.5 Å². The first-order chi connectivity index (χ1) is 15.5. The Bertz CT molecular complexity index is 1110. The van der Waals surface area contributed by atoms with Gasteiger partial charge in [-0.3, -0.25) is 4.79 Å². The average Bonchev–Trinajstić information content (AvgIpc) is 3.25. The zero-order valence-corrected chi connectivity index (χ0v) is 18.3. The number of fused-ring (bicyclic) bond motifs is 1. The largest absolute Gasteiger partial charge is 0.454 e. The van der Waals surface area contributed by atoms with Crippen LogP contribution in [0.15, 0.2) is 48.7 Å². The lowest BCUT2D eigenvalue weighted by Crippen LogP contribution is -2.24. The molecule has 3 aromatic rings. The third kappa shape index (κ3) is 4.84. The Labute approximate surface area is 190 Å². The van der Waals surface area contributed by atoms with E-state index in [-0.39, 0.29) is 12.7 Å². The Morgan fingerprint density at radius 3 is 2.69 bits per heavy atom. The Morgan fingerprint density at radius 2 is 1.94 bits per heavy atom. The molecule has 0 atom stereocenters. The van der Waals surface area contributed by atoms with Crippen molar-refractivity contribution in [2.45, 2.75) is 6.92 Å². The van der Waals surface area contributed by atoms with Gasteiger partial charge in [0.2, 0.25) is 18.6 Å². The Hall–Kier alpha value is -3.56. The number of nitrogens with one attached hydrogen (secondary N) is 2. The number of nitrogens with zero attached hydrogens (tertiary/aromatic N) is 3. The summed E-state index contributed by atoms with van der Waals surface area (Å²) in [5.41, 5.74) is 2.14. The first kappa shape index (κ1) is 21.7. The van der Waals surface area contributed by atoms with Crippen molar-refractivity contribution in [3.05, 3.63) is 53.7 Å². The van der Waals surface area contributed by atoms with Gasteiger partial charge in [0.25, 0.3) is 0 Å². The second-order valence-corrected chi connectivity index (χ2v) is 7.30. The van der Waals surface area contributed by atoms with Crippen molar-refractivity contribution in [3.8, 4) is 11.5 Å². The van der Waals surface area contributed by atoms with Gasteiger partial charge in [-0.1, -0.05) is 11.6 Å². The third-order valence-electron chi connectivity index (χ3n) is 4.63. The smallest absolute Gasteiger partial charge is 0.231 e. The molecule has 32 heavy (non-hydrogen) atoms. The van der Waals surface area contributed by atoms with Crippen LogP contribution in [-0.2, 0) is 9.53 Å². The molecule has 0 bridgehead atoms. The number of carbonyl (C=O) groups excluding carboxylic acids is 1. The summed E-state index contributed by atoms with van der Waals surface area (Å²) in [6.07, 6.45) is 1.66. The summed E-state index contributed by atoms with van der Waals surface area (Å²) in [6, 6.07) is 12.6. The minimum Gasteiger partial charge on any atom is -0.454 e. The van der Waals surface area contributed by atoms with Gasteiger partial charge in [0.1, 0.15) is 11.5 Å². The number of aromatic nitrogens is 2. The minimum absolute atomic E-state index is 0.127. The summed E-state index contributed by atoms with van der Waals surface area (Å²) in [5, 5.41) is 6.41. The van der Waals surface area contributed by atoms with Gasteiger partial charge in [-0.05, 0) is 42.5 Å². The molecule has 0 aliphatic carbocycles. The monoisotopic (exact) mass is 455 g/mol. The Balaban J connectivity index is 1.62. The van der Waals surface area contributed by atoms with Gasteiger partial charge in [-0.2, -0.15) is 4.98 Å². The van der Waals surface area contributed by atoms with E-state index in [9.17, 15) is 4.79 Å². The zero-order chi connectivity index (χ0) is 22.5. The first-order valence-electron chi connectivity index (χ1n) is 9.87. The van der Waals surface area contributed by atoms with E-state index in [1.807, 2.05) is 17.0 Å². The number of methoxy groups -OCH3 is 1. The maximum atomic E-state index is 11.2. The lowest BCUT2D eigenvalue weighted by Gasteiger charge is -2.26. The molecule has 2 aromatic carbocycles. The van der Waals surface area contributed by atoms with Crippen LogP contribution in [0.25, 0.3) is 0 Å². The lowest BCUT2D eigenvalue weighted by atomic mass is 10.2. The molecule has 1 amide bonds. The van der Waals surface area contributed by atoms with Crippen LogP contribution in [0, 0.1) is 0 Å². The van der Waals surface area contributed by atoms with Crippen LogP contribution < -0.4 is 25.0 Å². The zero-order valence-electron chi connectivity index (χ0n) is 17.6. The minimum atomic E-state index is -0.127. The molecule has 1 aromatic heterocycles. The molecule has 2 heterocycles. The molecule has 4 rings (SSSR count). The van der Waals surface area contributed by atoms with Gasteiger partial charge in [0.15, 0.2) is 11.5 Å². The summed E-state index contributed by atoms with van der Waals surface area (Å²) in [4.78, 5) is 22.1. The quantitative estimate of drug-likeness (QED) is 0.517. The molecule has 0 spiro atoms. The van der Waals surface area contributed by atoms with Crippen LogP contribution in [0.1, 0.15) is 6.92 Å². The highest BCUT2D eigenvalue weighted by Crippen LogP contribution is 2.47. The summed E-state index contributed by atoms with van der Waals surface area (Å²) in [5.74, 6) is 2.07. The maximum absolute atomic E-state index is 11.2. The van der Waals surface area contributed by atoms with Crippen LogP contribution in [0.2, 0.25) is 5.02 Å². The van der Waals surface area contributed by atoms with Crippen LogP contribution in [0.4, 0.5) is 28.8 Å². The fourth-order valence-electron chi connectivity index (χ4n) is 3.24. The Kier molecular flexibility index (Phi) is 6.58. The number of benzene rings is 2. The van der Waals surface area contributed by atoms with Crippen molar-refractivity contribution < 1.29 is 19.0 Å². The van der Waals surface area contributed by atoms with Crippen molar-refractivity contribution in [3.63, 3.8) is 0 Å². The summed E-state index contributed by atoms with van der Waals surface area (Å²) >= 11 is 6.54. The fraction of sp³-hybridized carbons (Fsp3) is 0.227. The second-order valence-electron chi connectivity index (χ2n) is 6.90. The van der Waals surface area contributed by atoms with Crippen molar-refractivity contribution in [1.82, 2.24) is 9.97 Å². The topological polar surface area (TPSA) is 97.8 Å².